The van der Waals surface area contributed by atoms with Crippen molar-refractivity contribution in [3.63, 3.8) is 0 Å². The van der Waals surface area contributed by atoms with E-state index in [9.17, 15) is 4.79 Å². The number of epoxide rings is 1. The lowest BCUT2D eigenvalue weighted by molar-refractivity contribution is -0.112. The molecule has 0 N–H and O–H groups in total. The molecule has 3 heteroatoms. The fourth-order valence-electron chi connectivity index (χ4n) is 1.01. The Hall–Kier alpha value is -1.09. The zero-order valence-corrected chi connectivity index (χ0v) is 5.95. The van der Waals surface area contributed by atoms with Crippen LogP contribution in [0.3, 0.4) is 0 Å². The maximum Gasteiger partial charge on any atom is 0.154 e. The molecule has 0 radical (unpaired) electrons. The number of furan rings is 1. The van der Waals surface area contributed by atoms with Crippen molar-refractivity contribution in [2.75, 3.05) is 6.61 Å². The van der Waals surface area contributed by atoms with Crippen LogP contribution >= 0.6 is 0 Å². The molecule has 2 rings (SSSR count). The number of hydrogen-bond acceptors (Lipinski definition) is 3. The number of carbonyl (C=O) groups excluding carboxylic acids is 1. The van der Waals surface area contributed by atoms with Gasteiger partial charge in [0.05, 0.1) is 12.9 Å². The van der Waals surface area contributed by atoms with Gasteiger partial charge in [0, 0.05) is 6.42 Å². The van der Waals surface area contributed by atoms with Crippen LogP contribution in [0.2, 0.25) is 0 Å². The average Bonchev–Trinajstić information content (AvgIpc) is 2.59. The summed E-state index contributed by atoms with van der Waals surface area (Å²) in [5.41, 5.74) is -0.558. The Bertz CT molecular complexity index is 246. The monoisotopic (exact) mass is 152 g/mol. The molecule has 1 aliphatic rings. The van der Waals surface area contributed by atoms with Gasteiger partial charge in [0.1, 0.15) is 5.76 Å². The van der Waals surface area contributed by atoms with Crippen molar-refractivity contribution in [2.45, 2.75) is 12.0 Å². The molecule has 1 aromatic heterocycles. The first-order chi connectivity index (χ1) is 5.35. The van der Waals surface area contributed by atoms with Crippen LogP contribution in [0.15, 0.2) is 22.8 Å². The number of carbonyl (C=O) groups is 1. The third kappa shape index (κ3) is 1.19. The van der Waals surface area contributed by atoms with E-state index in [0.717, 1.165) is 12.0 Å². The topological polar surface area (TPSA) is 42.7 Å². The molecule has 11 heavy (non-hydrogen) atoms. The summed E-state index contributed by atoms with van der Waals surface area (Å²) < 4.78 is 10.1. The number of hydrogen-bond donors (Lipinski definition) is 0. The van der Waals surface area contributed by atoms with E-state index >= 15 is 0 Å². The van der Waals surface area contributed by atoms with Gasteiger partial charge in [-0.3, -0.25) is 0 Å². The predicted molar refractivity (Wildman–Crippen MR) is 37.2 cm³/mol. The van der Waals surface area contributed by atoms with E-state index in [-0.39, 0.29) is 0 Å². The van der Waals surface area contributed by atoms with Crippen LogP contribution in [0.25, 0.3) is 0 Å². The van der Waals surface area contributed by atoms with Gasteiger partial charge in [-0.05, 0) is 12.1 Å². The van der Waals surface area contributed by atoms with Crippen LogP contribution in [0.5, 0.6) is 0 Å². The van der Waals surface area contributed by atoms with Gasteiger partial charge in [-0.1, -0.05) is 0 Å². The fraction of sp³-hybridized carbons (Fsp3) is 0.375. The van der Waals surface area contributed by atoms with E-state index in [4.69, 9.17) is 9.15 Å². The molecule has 0 amide bonds. The van der Waals surface area contributed by atoms with E-state index in [1.165, 1.54) is 0 Å². The van der Waals surface area contributed by atoms with Crippen molar-refractivity contribution in [3.05, 3.63) is 24.2 Å². The van der Waals surface area contributed by atoms with Crippen LogP contribution in [-0.2, 0) is 16.0 Å². The van der Waals surface area contributed by atoms with Crippen molar-refractivity contribution in [1.82, 2.24) is 0 Å². The molecular formula is C8H8O3. The lowest BCUT2D eigenvalue weighted by Gasteiger charge is -1.97. The van der Waals surface area contributed by atoms with E-state index in [2.05, 4.69) is 0 Å². The number of rotatable bonds is 3. The Kier molecular flexibility index (Phi) is 1.32. The molecule has 0 aliphatic carbocycles. The third-order valence-electron chi connectivity index (χ3n) is 1.78. The zero-order chi connectivity index (χ0) is 7.73. The summed E-state index contributed by atoms with van der Waals surface area (Å²) in [6.07, 6.45) is 3.00. The molecule has 0 spiro atoms. The highest BCUT2D eigenvalue weighted by Gasteiger charge is 2.45. The van der Waals surface area contributed by atoms with Crippen molar-refractivity contribution < 1.29 is 13.9 Å². The van der Waals surface area contributed by atoms with Crippen LogP contribution in [0, 0.1) is 0 Å². The van der Waals surface area contributed by atoms with Crippen LogP contribution < -0.4 is 0 Å². The second kappa shape index (κ2) is 2.20. The van der Waals surface area contributed by atoms with Crippen LogP contribution in [0.1, 0.15) is 5.76 Å². The molecular weight excluding hydrogens is 144 g/mol. The highest BCUT2D eigenvalue weighted by Crippen LogP contribution is 2.28. The van der Waals surface area contributed by atoms with E-state index < -0.39 is 5.60 Å². The second-order valence-electron chi connectivity index (χ2n) is 2.73. The molecule has 0 saturated carbocycles. The maximum absolute atomic E-state index is 10.4. The van der Waals surface area contributed by atoms with E-state index in [1.807, 2.05) is 6.07 Å². The Morgan fingerprint density at radius 3 is 3.00 bits per heavy atom. The minimum atomic E-state index is -0.558. The first-order valence-electron chi connectivity index (χ1n) is 3.47. The predicted octanol–water partition coefficient (Wildman–Crippen LogP) is 0.790. The summed E-state index contributed by atoms with van der Waals surface area (Å²) in [4.78, 5) is 10.4. The van der Waals surface area contributed by atoms with Crippen LogP contribution in [-0.4, -0.2) is 18.5 Å². The van der Waals surface area contributed by atoms with Gasteiger partial charge < -0.3 is 13.9 Å². The molecule has 1 aromatic rings. The van der Waals surface area contributed by atoms with Crippen molar-refractivity contribution >= 4 is 6.29 Å². The smallest absolute Gasteiger partial charge is 0.154 e. The SMILES string of the molecule is O=CC1(Cc2ccco2)CO1. The van der Waals surface area contributed by atoms with Gasteiger partial charge in [0.15, 0.2) is 11.9 Å². The van der Waals surface area contributed by atoms with Gasteiger partial charge in [0.25, 0.3) is 0 Å². The normalized spacial score (nSPS) is 28.4. The molecule has 1 unspecified atom stereocenters. The van der Waals surface area contributed by atoms with Gasteiger partial charge in [-0.15, -0.1) is 0 Å². The minimum absolute atomic E-state index is 0.525. The lowest BCUT2D eigenvalue weighted by atomic mass is 10.1. The quantitative estimate of drug-likeness (QED) is 0.475. The Labute approximate surface area is 64.0 Å². The standard InChI is InChI=1S/C8H8O3/c9-5-8(6-11-8)4-7-2-1-3-10-7/h1-3,5H,4,6H2. The van der Waals surface area contributed by atoms with E-state index in [0.29, 0.717) is 13.0 Å². The van der Waals surface area contributed by atoms with Crippen LogP contribution in [0.4, 0.5) is 0 Å². The summed E-state index contributed by atoms with van der Waals surface area (Å²) in [7, 11) is 0. The van der Waals surface area contributed by atoms with E-state index in [1.54, 1.807) is 12.3 Å². The summed E-state index contributed by atoms with van der Waals surface area (Å²) >= 11 is 0. The average molecular weight is 152 g/mol. The summed E-state index contributed by atoms with van der Waals surface area (Å²) in [5.74, 6) is 0.801. The molecule has 1 aliphatic heterocycles. The molecule has 0 bridgehead atoms. The summed E-state index contributed by atoms with van der Waals surface area (Å²) in [6, 6.07) is 3.64. The Morgan fingerprint density at radius 2 is 2.55 bits per heavy atom. The highest BCUT2D eigenvalue weighted by atomic mass is 16.6. The minimum Gasteiger partial charge on any atom is -0.469 e. The Balaban J connectivity index is 2.06. The Morgan fingerprint density at radius 1 is 1.73 bits per heavy atom. The maximum atomic E-state index is 10.4. The van der Waals surface area contributed by atoms with Gasteiger partial charge >= 0.3 is 0 Å². The van der Waals surface area contributed by atoms with Gasteiger partial charge in [-0.25, -0.2) is 0 Å². The second-order valence-corrected chi connectivity index (χ2v) is 2.73. The molecule has 0 aromatic carbocycles. The summed E-state index contributed by atoms with van der Waals surface area (Å²) in [6.45, 7) is 0.525. The molecule has 2 heterocycles. The van der Waals surface area contributed by atoms with Crippen molar-refractivity contribution in [3.8, 4) is 0 Å². The van der Waals surface area contributed by atoms with Gasteiger partial charge in [0.2, 0.25) is 0 Å². The van der Waals surface area contributed by atoms with Crippen molar-refractivity contribution in [2.24, 2.45) is 0 Å². The molecule has 3 nitrogen and oxygen atoms in total. The largest absolute Gasteiger partial charge is 0.469 e. The number of ether oxygens (including phenoxy) is 1. The third-order valence-corrected chi connectivity index (χ3v) is 1.78. The first-order valence-corrected chi connectivity index (χ1v) is 3.47. The fourth-order valence-corrected chi connectivity index (χ4v) is 1.01. The highest BCUT2D eigenvalue weighted by molar-refractivity contribution is 5.66. The van der Waals surface area contributed by atoms with Crippen molar-refractivity contribution in [1.29, 1.82) is 0 Å². The lowest BCUT2D eigenvalue weighted by Crippen LogP contribution is -2.15. The first kappa shape index (κ1) is 6.61. The summed E-state index contributed by atoms with van der Waals surface area (Å²) in [5, 5.41) is 0. The molecule has 1 fully saturated rings. The zero-order valence-electron chi connectivity index (χ0n) is 5.95. The molecule has 58 valence electrons. The number of aldehydes is 1. The molecule has 1 atom stereocenters. The molecule has 1 saturated heterocycles. The van der Waals surface area contributed by atoms with Gasteiger partial charge in [-0.2, -0.15) is 0 Å².